The van der Waals surface area contributed by atoms with Crippen molar-refractivity contribution in [1.82, 2.24) is 20.3 Å². The van der Waals surface area contributed by atoms with Crippen LogP contribution in [-0.2, 0) is 13.1 Å². The van der Waals surface area contributed by atoms with Crippen LogP contribution in [0.4, 0.5) is 4.79 Å². The van der Waals surface area contributed by atoms with Gasteiger partial charge in [0, 0.05) is 43.8 Å². The Balaban J connectivity index is 1.44. The van der Waals surface area contributed by atoms with Crippen LogP contribution >= 0.6 is 11.6 Å². The number of aromatic nitrogens is 1. The van der Waals surface area contributed by atoms with E-state index < -0.39 is 0 Å². The Kier molecular flexibility index (Phi) is 5.37. The highest BCUT2D eigenvalue weighted by atomic mass is 35.5. The summed E-state index contributed by atoms with van der Waals surface area (Å²) in [7, 11) is 0. The van der Waals surface area contributed by atoms with E-state index in [4.69, 9.17) is 16.1 Å². The van der Waals surface area contributed by atoms with Crippen molar-refractivity contribution >= 4 is 17.6 Å². The lowest BCUT2D eigenvalue weighted by Crippen LogP contribution is -2.51. The molecule has 1 N–H and O–H groups in total. The van der Waals surface area contributed by atoms with Crippen molar-refractivity contribution in [3.05, 3.63) is 52.4 Å². The Labute approximate surface area is 146 Å². The lowest BCUT2D eigenvalue weighted by atomic mass is 10.2. The van der Waals surface area contributed by atoms with E-state index in [1.807, 2.05) is 42.2 Å². The molecule has 0 aliphatic carbocycles. The van der Waals surface area contributed by atoms with Crippen molar-refractivity contribution in [2.24, 2.45) is 0 Å². The fraction of sp³-hybridized carbons (Fsp3) is 0.412. The molecule has 128 valence electrons. The summed E-state index contributed by atoms with van der Waals surface area (Å²) in [6.07, 6.45) is 0. The van der Waals surface area contributed by atoms with Crippen LogP contribution in [0, 0.1) is 6.92 Å². The predicted molar refractivity (Wildman–Crippen MR) is 91.8 cm³/mol. The van der Waals surface area contributed by atoms with Gasteiger partial charge in [0.05, 0.1) is 12.2 Å². The number of nitrogens with zero attached hydrogens (tertiary/aromatic N) is 3. The summed E-state index contributed by atoms with van der Waals surface area (Å²) < 4.78 is 5.24. The average Bonchev–Trinajstić information content (AvgIpc) is 2.99. The zero-order valence-corrected chi connectivity index (χ0v) is 14.4. The van der Waals surface area contributed by atoms with Crippen LogP contribution in [0.1, 0.15) is 17.0 Å². The highest BCUT2D eigenvalue weighted by Crippen LogP contribution is 2.15. The third-order valence-electron chi connectivity index (χ3n) is 4.10. The van der Waals surface area contributed by atoms with E-state index in [1.165, 1.54) is 0 Å². The van der Waals surface area contributed by atoms with E-state index in [9.17, 15) is 4.79 Å². The largest absolute Gasteiger partial charge is 0.360 e. The molecule has 6 nitrogen and oxygen atoms in total. The summed E-state index contributed by atoms with van der Waals surface area (Å²) >= 11 is 6.11. The van der Waals surface area contributed by atoms with Gasteiger partial charge in [-0.3, -0.25) is 4.90 Å². The Morgan fingerprint density at radius 2 is 2.04 bits per heavy atom. The monoisotopic (exact) mass is 348 g/mol. The summed E-state index contributed by atoms with van der Waals surface area (Å²) in [6.45, 7) is 6.11. The van der Waals surface area contributed by atoms with Gasteiger partial charge in [-0.2, -0.15) is 0 Å². The maximum Gasteiger partial charge on any atom is 0.317 e. The molecule has 1 aromatic heterocycles. The maximum absolute atomic E-state index is 12.3. The fourth-order valence-electron chi connectivity index (χ4n) is 2.74. The number of carbonyl (C=O) groups excluding carboxylic acids is 1. The second kappa shape index (κ2) is 7.68. The first-order chi connectivity index (χ1) is 11.6. The first kappa shape index (κ1) is 16.8. The Morgan fingerprint density at radius 3 is 2.71 bits per heavy atom. The molecule has 0 unspecified atom stereocenters. The van der Waals surface area contributed by atoms with Gasteiger partial charge in [-0.1, -0.05) is 35.0 Å². The van der Waals surface area contributed by atoms with Gasteiger partial charge in [0.25, 0.3) is 0 Å². The normalized spacial score (nSPS) is 15.5. The van der Waals surface area contributed by atoms with Crippen LogP contribution in [0.25, 0.3) is 0 Å². The minimum absolute atomic E-state index is 0.0509. The molecule has 2 amide bonds. The van der Waals surface area contributed by atoms with E-state index in [0.717, 1.165) is 36.7 Å². The van der Waals surface area contributed by atoms with Gasteiger partial charge in [0.15, 0.2) is 5.76 Å². The number of carbonyl (C=O) groups is 1. The second-order valence-electron chi connectivity index (χ2n) is 5.95. The van der Waals surface area contributed by atoms with E-state index in [2.05, 4.69) is 15.4 Å². The minimum atomic E-state index is -0.0509. The molecule has 1 fully saturated rings. The molecule has 0 saturated carbocycles. The summed E-state index contributed by atoms with van der Waals surface area (Å²) in [6, 6.07) is 9.43. The molecule has 24 heavy (non-hydrogen) atoms. The lowest BCUT2D eigenvalue weighted by molar-refractivity contribution is 0.128. The van der Waals surface area contributed by atoms with Crippen molar-refractivity contribution in [3.63, 3.8) is 0 Å². The molecule has 1 aliphatic rings. The molecule has 1 saturated heterocycles. The van der Waals surface area contributed by atoms with Crippen LogP contribution in [0.2, 0.25) is 5.02 Å². The molecule has 0 radical (unpaired) electrons. The zero-order valence-electron chi connectivity index (χ0n) is 13.7. The molecule has 7 heteroatoms. The van der Waals surface area contributed by atoms with Crippen molar-refractivity contribution in [1.29, 1.82) is 0 Å². The van der Waals surface area contributed by atoms with Gasteiger partial charge >= 0.3 is 6.03 Å². The van der Waals surface area contributed by atoms with E-state index in [0.29, 0.717) is 24.7 Å². The number of halogens is 1. The predicted octanol–water partition coefficient (Wildman–Crippen LogP) is 2.66. The first-order valence-corrected chi connectivity index (χ1v) is 8.40. The fourth-order valence-corrected chi connectivity index (χ4v) is 2.95. The smallest absolute Gasteiger partial charge is 0.317 e. The molecular formula is C17H21ClN4O2. The number of urea groups is 1. The summed E-state index contributed by atoms with van der Waals surface area (Å²) in [4.78, 5) is 16.4. The third kappa shape index (κ3) is 4.27. The standard InChI is InChI=1S/C17H21ClN4O2/c1-13-10-15(24-20-13)12-21-6-8-22(9-7-21)17(23)19-11-14-4-2-3-5-16(14)18/h2-5,10H,6-9,11-12H2,1H3,(H,19,23). The number of hydrogen-bond acceptors (Lipinski definition) is 4. The van der Waals surface area contributed by atoms with Crippen molar-refractivity contribution in [2.75, 3.05) is 26.2 Å². The number of hydrogen-bond donors (Lipinski definition) is 1. The Hall–Kier alpha value is -2.05. The topological polar surface area (TPSA) is 61.6 Å². The molecular weight excluding hydrogens is 328 g/mol. The minimum Gasteiger partial charge on any atom is -0.360 e. The van der Waals surface area contributed by atoms with Crippen LogP contribution in [-0.4, -0.2) is 47.2 Å². The molecule has 1 aromatic carbocycles. The molecule has 2 aromatic rings. The van der Waals surface area contributed by atoms with E-state index in [1.54, 1.807) is 0 Å². The van der Waals surface area contributed by atoms with Gasteiger partial charge in [-0.15, -0.1) is 0 Å². The van der Waals surface area contributed by atoms with Gasteiger partial charge in [0.2, 0.25) is 0 Å². The quantitative estimate of drug-likeness (QED) is 0.922. The van der Waals surface area contributed by atoms with Crippen LogP contribution < -0.4 is 5.32 Å². The molecule has 2 heterocycles. The van der Waals surface area contributed by atoms with E-state index >= 15 is 0 Å². The zero-order chi connectivity index (χ0) is 16.9. The first-order valence-electron chi connectivity index (χ1n) is 8.02. The average molecular weight is 349 g/mol. The van der Waals surface area contributed by atoms with Gasteiger partial charge in [-0.25, -0.2) is 4.79 Å². The number of rotatable bonds is 4. The molecule has 3 rings (SSSR count). The molecule has 0 atom stereocenters. The van der Waals surface area contributed by atoms with Gasteiger partial charge < -0.3 is 14.7 Å². The Bertz CT molecular complexity index is 695. The number of benzene rings is 1. The number of nitrogens with one attached hydrogen (secondary N) is 1. The number of aryl methyl sites for hydroxylation is 1. The van der Waals surface area contributed by atoms with E-state index in [-0.39, 0.29) is 6.03 Å². The van der Waals surface area contributed by atoms with Crippen molar-refractivity contribution in [2.45, 2.75) is 20.0 Å². The Morgan fingerprint density at radius 1 is 1.29 bits per heavy atom. The highest BCUT2D eigenvalue weighted by Gasteiger charge is 2.21. The van der Waals surface area contributed by atoms with Gasteiger partial charge in [0.1, 0.15) is 0 Å². The maximum atomic E-state index is 12.3. The summed E-state index contributed by atoms with van der Waals surface area (Å²) in [5, 5.41) is 7.50. The van der Waals surface area contributed by atoms with Gasteiger partial charge in [-0.05, 0) is 18.6 Å². The number of amides is 2. The summed E-state index contributed by atoms with van der Waals surface area (Å²) in [5.41, 5.74) is 1.81. The highest BCUT2D eigenvalue weighted by molar-refractivity contribution is 6.31. The van der Waals surface area contributed by atoms with Crippen LogP contribution in [0.15, 0.2) is 34.9 Å². The molecule has 0 bridgehead atoms. The lowest BCUT2D eigenvalue weighted by Gasteiger charge is -2.34. The third-order valence-corrected chi connectivity index (χ3v) is 4.47. The van der Waals surface area contributed by atoms with Crippen LogP contribution in [0.5, 0.6) is 0 Å². The SMILES string of the molecule is Cc1cc(CN2CCN(C(=O)NCc3ccccc3Cl)CC2)on1. The molecule has 1 aliphatic heterocycles. The molecule has 0 spiro atoms. The summed E-state index contributed by atoms with van der Waals surface area (Å²) in [5.74, 6) is 0.865. The van der Waals surface area contributed by atoms with Crippen molar-refractivity contribution < 1.29 is 9.32 Å². The number of piperazine rings is 1. The van der Waals surface area contributed by atoms with Crippen LogP contribution in [0.3, 0.4) is 0 Å². The second-order valence-corrected chi connectivity index (χ2v) is 6.36. The van der Waals surface area contributed by atoms with Crippen molar-refractivity contribution in [3.8, 4) is 0 Å².